The predicted octanol–water partition coefficient (Wildman–Crippen LogP) is 4.22. The van der Waals surface area contributed by atoms with E-state index in [1.54, 1.807) is 11.1 Å². The molecule has 1 saturated heterocycles. The second-order valence-corrected chi connectivity index (χ2v) is 8.48. The first-order valence-electron chi connectivity index (χ1n) is 11.1. The Balaban J connectivity index is 1.37. The number of aliphatic carboxylic acids is 1. The van der Waals surface area contributed by atoms with Crippen LogP contribution in [0.3, 0.4) is 0 Å². The number of hydrogen-bond acceptors (Lipinski definition) is 7. The molecule has 2 unspecified atom stereocenters. The molecule has 34 heavy (non-hydrogen) atoms. The van der Waals surface area contributed by atoms with E-state index >= 15 is 0 Å². The monoisotopic (exact) mass is 454 g/mol. The van der Waals surface area contributed by atoms with Crippen molar-refractivity contribution in [3.63, 3.8) is 0 Å². The third-order valence-corrected chi connectivity index (χ3v) is 6.24. The second kappa shape index (κ2) is 7.87. The van der Waals surface area contributed by atoms with Crippen LogP contribution >= 0.6 is 0 Å². The predicted molar refractivity (Wildman–Crippen MR) is 129 cm³/mol. The Morgan fingerprint density at radius 1 is 1.15 bits per heavy atom. The van der Waals surface area contributed by atoms with Gasteiger partial charge in [-0.1, -0.05) is 42.5 Å². The highest BCUT2D eigenvalue weighted by atomic mass is 16.4. The molecule has 3 aromatic heterocycles. The number of hydrogen-bond donors (Lipinski definition) is 3. The minimum absolute atomic E-state index is 0.140. The minimum Gasteiger partial charge on any atom is -0.480 e. The molecule has 0 radical (unpaired) electrons. The number of benzene rings is 2. The van der Waals surface area contributed by atoms with Crippen LogP contribution in [0.1, 0.15) is 12.2 Å². The van der Waals surface area contributed by atoms with Crippen molar-refractivity contribution in [2.45, 2.75) is 25.4 Å². The summed E-state index contributed by atoms with van der Waals surface area (Å²) >= 11 is 0. The number of nitrogens with one attached hydrogen (secondary N) is 2. The van der Waals surface area contributed by atoms with Gasteiger partial charge in [-0.3, -0.25) is 5.10 Å². The molecule has 1 aliphatic heterocycles. The molecule has 0 amide bonds. The van der Waals surface area contributed by atoms with Crippen LogP contribution in [-0.4, -0.2) is 49.9 Å². The summed E-state index contributed by atoms with van der Waals surface area (Å²) in [5.74, 6) is 0.922. The van der Waals surface area contributed by atoms with Crippen molar-refractivity contribution in [2.75, 3.05) is 16.8 Å². The Morgan fingerprint density at radius 3 is 2.76 bits per heavy atom. The first-order chi connectivity index (χ1) is 16.6. The first-order valence-corrected chi connectivity index (χ1v) is 11.1. The highest BCUT2D eigenvalue weighted by Gasteiger charge is 2.39. The van der Waals surface area contributed by atoms with Crippen LogP contribution in [-0.2, 0) is 4.79 Å². The number of furan rings is 1. The lowest BCUT2D eigenvalue weighted by molar-refractivity contribution is -0.138. The SMILES string of the molecule is Cc1nc(N2CC(Nc3[nH]ncc3-c3ccccc3)CC2C(=O)O)c2oc3ccccc3c2n1. The van der Waals surface area contributed by atoms with E-state index in [-0.39, 0.29) is 6.04 Å². The molecular formula is C25H22N6O3. The Morgan fingerprint density at radius 2 is 1.94 bits per heavy atom. The van der Waals surface area contributed by atoms with E-state index in [1.165, 1.54) is 0 Å². The van der Waals surface area contributed by atoms with Gasteiger partial charge in [0.1, 0.15) is 28.8 Å². The second-order valence-electron chi connectivity index (χ2n) is 8.48. The Kier molecular flexibility index (Phi) is 4.68. The zero-order valence-electron chi connectivity index (χ0n) is 18.4. The maximum absolute atomic E-state index is 12.3. The molecule has 170 valence electrons. The van der Waals surface area contributed by atoms with Gasteiger partial charge in [-0.2, -0.15) is 5.10 Å². The van der Waals surface area contributed by atoms with Crippen molar-refractivity contribution in [2.24, 2.45) is 0 Å². The van der Waals surface area contributed by atoms with Crippen LogP contribution in [0.5, 0.6) is 0 Å². The summed E-state index contributed by atoms with van der Waals surface area (Å²) in [7, 11) is 0. The van der Waals surface area contributed by atoms with Gasteiger partial charge < -0.3 is 19.7 Å². The van der Waals surface area contributed by atoms with E-state index < -0.39 is 12.0 Å². The number of rotatable bonds is 5. The standard InChI is InChI=1S/C25H22N6O3/c1-14-27-21-17-9-5-6-10-20(17)34-22(21)24(28-14)31-13-16(11-19(31)25(32)33)29-23-18(12-26-30-23)15-7-3-2-4-8-15/h2-10,12,16,19H,11,13H2,1H3,(H,32,33)(H2,26,29,30). The maximum atomic E-state index is 12.3. The summed E-state index contributed by atoms with van der Waals surface area (Å²) in [6.45, 7) is 2.25. The number of aromatic amines is 1. The van der Waals surface area contributed by atoms with Crippen LogP contribution in [0.15, 0.2) is 65.2 Å². The number of nitrogens with zero attached hydrogens (tertiary/aromatic N) is 4. The molecule has 0 saturated carbocycles. The summed E-state index contributed by atoms with van der Waals surface area (Å²) in [6, 6.07) is 16.7. The van der Waals surface area contributed by atoms with Gasteiger partial charge in [0.05, 0.1) is 6.20 Å². The summed E-state index contributed by atoms with van der Waals surface area (Å²) in [5.41, 5.74) is 3.86. The molecule has 6 rings (SSSR count). The van der Waals surface area contributed by atoms with Gasteiger partial charge in [-0.25, -0.2) is 14.8 Å². The number of carbonyl (C=O) groups is 1. The van der Waals surface area contributed by atoms with Crippen molar-refractivity contribution in [1.82, 2.24) is 20.2 Å². The quantitative estimate of drug-likeness (QED) is 0.361. The van der Waals surface area contributed by atoms with Crippen LogP contribution in [0.2, 0.25) is 0 Å². The maximum Gasteiger partial charge on any atom is 0.326 e. The molecule has 0 bridgehead atoms. The van der Waals surface area contributed by atoms with Gasteiger partial charge in [-0.15, -0.1) is 0 Å². The van der Waals surface area contributed by atoms with Crippen molar-refractivity contribution >= 4 is 39.7 Å². The summed E-state index contributed by atoms with van der Waals surface area (Å²) in [6.07, 6.45) is 2.16. The summed E-state index contributed by atoms with van der Waals surface area (Å²) < 4.78 is 6.10. The molecular weight excluding hydrogens is 432 g/mol. The van der Waals surface area contributed by atoms with Gasteiger partial charge in [-0.05, 0) is 24.6 Å². The molecule has 1 aliphatic rings. The number of H-pyrrole nitrogens is 1. The van der Waals surface area contributed by atoms with E-state index in [0.717, 1.165) is 22.3 Å². The number of fused-ring (bicyclic) bond motifs is 3. The molecule has 9 nitrogen and oxygen atoms in total. The van der Waals surface area contributed by atoms with Crippen LogP contribution in [0.25, 0.3) is 33.2 Å². The number of carboxylic acid groups (broad SMARTS) is 1. The van der Waals surface area contributed by atoms with E-state index in [2.05, 4.69) is 25.5 Å². The number of anilines is 2. The molecule has 0 aliphatic carbocycles. The number of aromatic nitrogens is 4. The normalized spacial score (nSPS) is 18.1. The molecule has 3 N–H and O–H groups in total. The molecule has 9 heteroatoms. The topological polar surface area (TPSA) is 120 Å². The fourth-order valence-electron chi connectivity index (χ4n) is 4.73. The average molecular weight is 454 g/mol. The van der Waals surface area contributed by atoms with Crippen LogP contribution in [0, 0.1) is 6.92 Å². The molecule has 1 fully saturated rings. The lowest BCUT2D eigenvalue weighted by Gasteiger charge is -2.22. The number of aryl methyl sites for hydroxylation is 1. The van der Waals surface area contributed by atoms with Gasteiger partial charge >= 0.3 is 5.97 Å². The van der Waals surface area contributed by atoms with E-state index in [1.807, 2.05) is 61.5 Å². The van der Waals surface area contributed by atoms with E-state index in [9.17, 15) is 9.90 Å². The highest BCUT2D eigenvalue weighted by Crippen LogP contribution is 2.37. The Labute approximate surface area is 194 Å². The van der Waals surface area contributed by atoms with Gasteiger partial charge in [0.2, 0.25) is 0 Å². The molecule has 2 aromatic carbocycles. The molecule has 2 atom stereocenters. The van der Waals surface area contributed by atoms with Crippen LogP contribution in [0.4, 0.5) is 11.6 Å². The van der Waals surface area contributed by atoms with Gasteiger partial charge in [0.25, 0.3) is 0 Å². The third kappa shape index (κ3) is 3.33. The smallest absolute Gasteiger partial charge is 0.326 e. The summed E-state index contributed by atoms with van der Waals surface area (Å²) in [4.78, 5) is 23.3. The van der Waals surface area contributed by atoms with Crippen molar-refractivity contribution in [3.05, 3.63) is 66.6 Å². The minimum atomic E-state index is -0.905. The van der Waals surface area contributed by atoms with E-state index in [4.69, 9.17) is 4.42 Å². The van der Waals surface area contributed by atoms with Gasteiger partial charge in [0, 0.05) is 30.0 Å². The Bertz CT molecular complexity index is 1510. The van der Waals surface area contributed by atoms with Crippen LogP contribution < -0.4 is 10.2 Å². The fourth-order valence-corrected chi connectivity index (χ4v) is 4.73. The number of para-hydroxylation sites is 1. The number of carboxylic acids is 1. The first kappa shape index (κ1) is 20.2. The fraction of sp³-hybridized carbons (Fsp3) is 0.200. The summed E-state index contributed by atoms with van der Waals surface area (Å²) in [5, 5.41) is 21.6. The zero-order chi connectivity index (χ0) is 23.2. The average Bonchev–Trinajstić information content (AvgIpc) is 3.56. The van der Waals surface area contributed by atoms with Gasteiger partial charge in [0.15, 0.2) is 11.4 Å². The molecule has 5 aromatic rings. The highest BCUT2D eigenvalue weighted by molar-refractivity contribution is 6.06. The third-order valence-electron chi connectivity index (χ3n) is 6.24. The molecule has 0 spiro atoms. The van der Waals surface area contributed by atoms with Crippen molar-refractivity contribution in [3.8, 4) is 11.1 Å². The molecule has 4 heterocycles. The lowest BCUT2D eigenvalue weighted by Crippen LogP contribution is -2.37. The van der Waals surface area contributed by atoms with Crippen molar-refractivity contribution < 1.29 is 14.3 Å². The lowest BCUT2D eigenvalue weighted by atomic mass is 10.1. The Hall–Kier alpha value is -4.40. The zero-order valence-corrected chi connectivity index (χ0v) is 18.4. The van der Waals surface area contributed by atoms with Crippen molar-refractivity contribution in [1.29, 1.82) is 0 Å². The van der Waals surface area contributed by atoms with E-state index in [0.29, 0.717) is 41.3 Å². The largest absolute Gasteiger partial charge is 0.480 e.